The van der Waals surface area contributed by atoms with Crippen molar-refractivity contribution in [1.29, 1.82) is 0 Å². The van der Waals surface area contributed by atoms with Gasteiger partial charge < -0.3 is 9.47 Å². The molecule has 0 saturated carbocycles. The molecule has 15 heavy (non-hydrogen) atoms. The van der Waals surface area contributed by atoms with E-state index < -0.39 is 0 Å². The Labute approximate surface area is 94.3 Å². The summed E-state index contributed by atoms with van der Waals surface area (Å²) in [6, 6.07) is 0. The second kappa shape index (κ2) is 5.31. The lowest BCUT2D eigenvalue weighted by Crippen LogP contribution is -2.46. The summed E-state index contributed by atoms with van der Waals surface area (Å²) in [7, 11) is 0. The van der Waals surface area contributed by atoms with Gasteiger partial charge >= 0.3 is 0 Å². The number of ether oxygens (including phenoxy) is 2. The fourth-order valence-electron chi connectivity index (χ4n) is 2.38. The fourth-order valence-corrected chi connectivity index (χ4v) is 2.38. The summed E-state index contributed by atoms with van der Waals surface area (Å²) >= 11 is 0. The van der Waals surface area contributed by atoms with E-state index in [-0.39, 0.29) is 12.4 Å². The molecule has 0 aromatic heterocycles. The van der Waals surface area contributed by atoms with Crippen LogP contribution >= 0.6 is 0 Å². The van der Waals surface area contributed by atoms with Gasteiger partial charge in [-0.25, -0.2) is 0 Å². The molecule has 2 heteroatoms. The SMILES string of the molecule is CCC1O[C@H](OC(C)C)[C@@H](C)C(C)[C@@H]1C. The zero-order valence-corrected chi connectivity index (χ0v) is 11.0. The molecule has 1 aliphatic heterocycles. The third-order valence-corrected chi connectivity index (χ3v) is 3.79. The summed E-state index contributed by atoms with van der Waals surface area (Å²) in [5, 5.41) is 0. The van der Waals surface area contributed by atoms with Crippen molar-refractivity contribution in [3.05, 3.63) is 0 Å². The molecule has 0 aliphatic carbocycles. The van der Waals surface area contributed by atoms with E-state index >= 15 is 0 Å². The molecule has 1 saturated heterocycles. The van der Waals surface area contributed by atoms with E-state index in [0.717, 1.165) is 6.42 Å². The van der Waals surface area contributed by atoms with Gasteiger partial charge in [-0.15, -0.1) is 0 Å². The third kappa shape index (κ3) is 2.94. The van der Waals surface area contributed by atoms with Crippen molar-refractivity contribution in [2.24, 2.45) is 17.8 Å². The second-order valence-electron chi connectivity index (χ2n) is 5.21. The number of hydrogen-bond donors (Lipinski definition) is 0. The number of hydrogen-bond acceptors (Lipinski definition) is 2. The zero-order valence-electron chi connectivity index (χ0n) is 11.0. The van der Waals surface area contributed by atoms with Crippen molar-refractivity contribution >= 4 is 0 Å². The summed E-state index contributed by atoms with van der Waals surface area (Å²) in [5.41, 5.74) is 0. The van der Waals surface area contributed by atoms with Crippen LogP contribution < -0.4 is 0 Å². The molecule has 0 aromatic rings. The lowest BCUT2D eigenvalue weighted by molar-refractivity contribution is -0.259. The van der Waals surface area contributed by atoms with Crippen LogP contribution in [0.1, 0.15) is 48.0 Å². The first-order chi connectivity index (χ1) is 6.97. The van der Waals surface area contributed by atoms with Crippen molar-refractivity contribution in [2.75, 3.05) is 0 Å². The molecule has 1 aliphatic rings. The van der Waals surface area contributed by atoms with Gasteiger partial charge in [-0.1, -0.05) is 27.7 Å². The second-order valence-corrected chi connectivity index (χ2v) is 5.21. The van der Waals surface area contributed by atoms with Gasteiger partial charge in [-0.2, -0.15) is 0 Å². The van der Waals surface area contributed by atoms with Crippen molar-refractivity contribution in [2.45, 2.75) is 66.5 Å². The zero-order chi connectivity index (χ0) is 11.6. The van der Waals surface area contributed by atoms with Crippen LogP contribution in [-0.4, -0.2) is 18.5 Å². The first kappa shape index (κ1) is 13.0. The summed E-state index contributed by atoms with van der Waals surface area (Å²) in [6.07, 6.45) is 1.67. The Bertz CT molecular complexity index is 189. The summed E-state index contributed by atoms with van der Waals surface area (Å²) < 4.78 is 11.9. The maximum atomic E-state index is 6.02. The van der Waals surface area contributed by atoms with E-state index in [9.17, 15) is 0 Å². The van der Waals surface area contributed by atoms with E-state index in [0.29, 0.717) is 23.9 Å². The molecule has 2 nitrogen and oxygen atoms in total. The Morgan fingerprint density at radius 3 is 2.13 bits per heavy atom. The molecule has 0 aromatic carbocycles. The maximum Gasteiger partial charge on any atom is 0.161 e. The van der Waals surface area contributed by atoms with E-state index in [1.54, 1.807) is 0 Å². The minimum atomic E-state index is -0.0128. The molecule has 5 atom stereocenters. The fraction of sp³-hybridized carbons (Fsp3) is 1.00. The van der Waals surface area contributed by atoms with Crippen molar-refractivity contribution in [3.8, 4) is 0 Å². The van der Waals surface area contributed by atoms with Gasteiger partial charge in [-0.05, 0) is 32.1 Å². The summed E-state index contributed by atoms with van der Waals surface area (Å²) in [4.78, 5) is 0. The minimum Gasteiger partial charge on any atom is -0.350 e. The molecular formula is C13H26O2. The minimum absolute atomic E-state index is 0.0128. The Morgan fingerprint density at radius 1 is 1.07 bits per heavy atom. The average molecular weight is 214 g/mol. The summed E-state index contributed by atoms with van der Waals surface area (Å²) in [6.45, 7) is 13.2. The van der Waals surface area contributed by atoms with Gasteiger partial charge in [0.1, 0.15) is 0 Å². The van der Waals surface area contributed by atoms with E-state index in [1.807, 2.05) is 0 Å². The van der Waals surface area contributed by atoms with Gasteiger partial charge in [0.05, 0.1) is 12.2 Å². The van der Waals surface area contributed by atoms with Crippen LogP contribution in [0, 0.1) is 17.8 Å². The molecule has 1 rings (SSSR count). The van der Waals surface area contributed by atoms with Crippen LogP contribution in [0.5, 0.6) is 0 Å². The van der Waals surface area contributed by atoms with Gasteiger partial charge in [0.2, 0.25) is 0 Å². The first-order valence-electron chi connectivity index (χ1n) is 6.28. The monoisotopic (exact) mass is 214 g/mol. The van der Waals surface area contributed by atoms with Crippen LogP contribution in [0.3, 0.4) is 0 Å². The molecule has 0 amide bonds. The highest BCUT2D eigenvalue weighted by atomic mass is 16.7. The van der Waals surface area contributed by atoms with Gasteiger partial charge in [0.25, 0.3) is 0 Å². The van der Waals surface area contributed by atoms with Crippen molar-refractivity contribution in [1.82, 2.24) is 0 Å². The Kier molecular flexibility index (Phi) is 4.60. The van der Waals surface area contributed by atoms with Gasteiger partial charge in [0, 0.05) is 5.92 Å². The predicted molar refractivity (Wildman–Crippen MR) is 62.7 cm³/mol. The Balaban J connectivity index is 2.65. The molecule has 0 N–H and O–H groups in total. The Morgan fingerprint density at radius 2 is 1.67 bits per heavy atom. The smallest absolute Gasteiger partial charge is 0.161 e. The van der Waals surface area contributed by atoms with Gasteiger partial charge in [0.15, 0.2) is 6.29 Å². The van der Waals surface area contributed by atoms with E-state index in [1.165, 1.54) is 0 Å². The van der Waals surface area contributed by atoms with E-state index in [2.05, 4.69) is 41.5 Å². The lowest BCUT2D eigenvalue weighted by Gasteiger charge is -2.43. The lowest BCUT2D eigenvalue weighted by atomic mass is 9.78. The topological polar surface area (TPSA) is 18.5 Å². The standard InChI is InChI=1S/C13H26O2/c1-7-12-10(5)9(4)11(6)13(15-12)14-8(2)3/h8-13H,7H2,1-6H3/t9?,10-,11-,12?,13-/m0/s1. The molecule has 0 spiro atoms. The molecule has 2 unspecified atom stereocenters. The molecule has 1 heterocycles. The first-order valence-corrected chi connectivity index (χ1v) is 6.28. The van der Waals surface area contributed by atoms with Crippen molar-refractivity contribution in [3.63, 3.8) is 0 Å². The predicted octanol–water partition coefficient (Wildman–Crippen LogP) is 3.45. The average Bonchev–Trinajstić information content (AvgIpc) is 2.18. The molecule has 0 radical (unpaired) electrons. The third-order valence-electron chi connectivity index (χ3n) is 3.79. The Hall–Kier alpha value is -0.0800. The van der Waals surface area contributed by atoms with Crippen LogP contribution in [0.15, 0.2) is 0 Å². The molecule has 90 valence electrons. The molecule has 1 fully saturated rings. The van der Waals surface area contributed by atoms with Crippen LogP contribution in [0.2, 0.25) is 0 Å². The molecular weight excluding hydrogens is 188 g/mol. The highest BCUT2D eigenvalue weighted by Gasteiger charge is 2.38. The molecule has 0 bridgehead atoms. The van der Waals surface area contributed by atoms with Crippen LogP contribution in [-0.2, 0) is 9.47 Å². The normalized spacial score (nSPS) is 42.2. The largest absolute Gasteiger partial charge is 0.350 e. The maximum absolute atomic E-state index is 6.02. The van der Waals surface area contributed by atoms with Crippen LogP contribution in [0.25, 0.3) is 0 Å². The van der Waals surface area contributed by atoms with Gasteiger partial charge in [-0.3, -0.25) is 0 Å². The van der Waals surface area contributed by atoms with Crippen LogP contribution in [0.4, 0.5) is 0 Å². The highest BCUT2D eigenvalue weighted by Crippen LogP contribution is 2.36. The number of rotatable bonds is 3. The van der Waals surface area contributed by atoms with E-state index in [4.69, 9.17) is 9.47 Å². The van der Waals surface area contributed by atoms with Crippen molar-refractivity contribution < 1.29 is 9.47 Å². The quantitative estimate of drug-likeness (QED) is 0.716. The highest BCUT2D eigenvalue weighted by molar-refractivity contribution is 4.82. The summed E-state index contributed by atoms with van der Waals surface area (Å²) in [5.74, 6) is 1.80.